The van der Waals surface area contributed by atoms with E-state index >= 15 is 0 Å². The van der Waals surface area contributed by atoms with Crippen molar-refractivity contribution < 1.29 is 23.1 Å². The zero-order chi connectivity index (χ0) is 15.7. The molecule has 2 N–H and O–H groups in total. The molecule has 0 atom stereocenters. The van der Waals surface area contributed by atoms with E-state index in [-0.39, 0.29) is 23.6 Å². The molecule has 6 nitrogen and oxygen atoms in total. The lowest BCUT2D eigenvalue weighted by atomic mass is 10.1. The highest BCUT2D eigenvalue weighted by atomic mass is 32.2. The van der Waals surface area contributed by atoms with E-state index in [0.29, 0.717) is 5.69 Å². The lowest BCUT2D eigenvalue weighted by Crippen LogP contribution is -2.23. The van der Waals surface area contributed by atoms with Crippen LogP contribution in [0, 0.1) is 5.41 Å². The van der Waals surface area contributed by atoms with Crippen molar-refractivity contribution in [3.8, 4) is 0 Å². The number of rotatable bonds is 6. The monoisotopic (exact) mass is 311 g/mol. The van der Waals surface area contributed by atoms with Gasteiger partial charge >= 0.3 is 5.97 Å². The van der Waals surface area contributed by atoms with E-state index in [0.717, 1.165) is 12.8 Å². The third-order valence-corrected chi connectivity index (χ3v) is 4.61. The fraction of sp³-hybridized carbons (Fsp3) is 0.429. The number of benzene rings is 1. The van der Waals surface area contributed by atoms with E-state index in [4.69, 9.17) is 5.11 Å². The van der Waals surface area contributed by atoms with Crippen LogP contribution in [0.25, 0.3) is 0 Å². The van der Waals surface area contributed by atoms with Crippen LogP contribution in [0.2, 0.25) is 0 Å². The van der Waals surface area contributed by atoms with Gasteiger partial charge in [0, 0.05) is 18.4 Å². The summed E-state index contributed by atoms with van der Waals surface area (Å²) in [5, 5.41) is 11.4. The zero-order valence-electron chi connectivity index (χ0n) is 11.6. The van der Waals surface area contributed by atoms with E-state index in [2.05, 4.69) is 5.32 Å². The number of carboxylic acid groups (broad SMARTS) is 1. The molecule has 1 aliphatic carbocycles. The van der Waals surface area contributed by atoms with Crippen LogP contribution in [0.5, 0.6) is 0 Å². The summed E-state index contributed by atoms with van der Waals surface area (Å²) in [6, 6.07) is 5.83. The summed E-state index contributed by atoms with van der Waals surface area (Å²) in [5.74, 6) is -1.25. The molecule has 1 fully saturated rings. The minimum Gasteiger partial charge on any atom is -0.478 e. The third kappa shape index (κ3) is 4.56. The fourth-order valence-corrected chi connectivity index (χ4v) is 3.85. The average molecular weight is 311 g/mol. The molecule has 114 valence electrons. The Morgan fingerprint density at radius 1 is 1.24 bits per heavy atom. The van der Waals surface area contributed by atoms with E-state index in [1.165, 1.54) is 30.5 Å². The minimum atomic E-state index is -3.10. The molecule has 0 spiro atoms. The van der Waals surface area contributed by atoms with Crippen molar-refractivity contribution >= 4 is 27.4 Å². The van der Waals surface area contributed by atoms with Gasteiger partial charge in [0.15, 0.2) is 0 Å². The highest BCUT2D eigenvalue weighted by Crippen LogP contribution is 2.49. The van der Waals surface area contributed by atoms with Crippen LogP contribution in [0.1, 0.15) is 29.6 Å². The molecule has 1 amide bonds. The second-order valence-electron chi connectivity index (χ2n) is 5.68. The highest BCUT2D eigenvalue weighted by Gasteiger charge is 2.46. The quantitative estimate of drug-likeness (QED) is 0.830. The number of hydrogen-bond donors (Lipinski definition) is 2. The number of aromatic carboxylic acids is 1. The van der Waals surface area contributed by atoms with E-state index in [1.54, 1.807) is 0 Å². The number of nitrogens with one attached hydrogen (secondary N) is 1. The van der Waals surface area contributed by atoms with Crippen molar-refractivity contribution in [2.75, 3.05) is 17.3 Å². The number of sulfone groups is 1. The molecule has 21 heavy (non-hydrogen) atoms. The molecule has 0 aliphatic heterocycles. The first-order chi connectivity index (χ1) is 9.69. The van der Waals surface area contributed by atoms with Crippen LogP contribution in [0.15, 0.2) is 24.3 Å². The first kappa shape index (κ1) is 15.5. The van der Waals surface area contributed by atoms with Crippen LogP contribution in [0.3, 0.4) is 0 Å². The van der Waals surface area contributed by atoms with Gasteiger partial charge in [-0.2, -0.15) is 0 Å². The van der Waals surface area contributed by atoms with Crippen LogP contribution in [-0.2, 0) is 14.6 Å². The molecule has 0 saturated heterocycles. The molecule has 0 heterocycles. The summed E-state index contributed by atoms with van der Waals surface area (Å²) >= 11 is 0. The molecule has 0 radical (unpaired) electrons. The summed E-state index contributed by atoms with van der Waals surface area (Å²) < 4.78 is 22.7. The lowest BCUT2D eigenvalue weighted by molar-refractivity contribution is -0.117. The van der Waals surface area contributed by atoms with Gasteiger partial charge in [0.25, 0.3) is 0 Å². The van der Waals surface area contributed by atoms with Gasteiger partial charge < -0.3 is 10.4 Å². The van der Waals surface area contributed by atoms with Crippen molar-refractivity contribution in [2.24, 2.45) is 5.41 Å². The molecule has 2 rings (SSSR count). The van der Waals surface area contributed by atoms with Crippen molar-refractivity contribution in [1.29, 1.82) is 0 Å². The largest absolute Gasteiger partial charge is 0.478 e. The molecule has 0 aromatic heterocycles. The third-order valence-electron chi connectivity index (χ3n) is 3.48. The molecule has 0 bridgehead atoms. The van der Waals surface area contributed by atoms with Gasteiger partial charge in [-0.1, -0.05) is 0 Å². The van der Waals surface area contributed by atoms with E-state index in [9.17, 15) is 18.0 Å². The normalized spacial score (nSPS) is 16.2. The van der Waals surface area contributed by atoms with Crippen LogP contribution >= 0.6 is 0 Å². The Morgan fingerprint density at radius 2 is 1.81 bits per heavy atom. The topological polar surface area (TPSA) is 101 Å². The average Bonchev–Trinajstić information content (AvgIpc) is 3.06. The fourth-order valence-electron chi connectivity index (χ4n) is 2.35. The summed E-state index contributed by atoms with van der Waals surface area (Å²) in [5.41, 5.74) is 0.225. The maximum atomic E-state index is 12.0. The van der Waals surface area contributed by atoms with Crippen LogP contribution in [0.4, 0.5) is 5.69 Å². The Hall–Kier alpha value is -1.89. The molecule has 1 aromatic rings. The van der Waals surface area contributed by atoms with Crippen LogP contribution in [-0.4, -0.2) is 37.4 Å². The number of anilines is 1. The predicted molar refractivity (Wildman–Crippen MR) is 78.0 cm³/mol. The SMILES string of the molecule is CS(=O)(=O)CC1(CC(=O)Nc2ccc(C(=O)O)cc2)CC1. The summed E-state index contributed by atoms with van der Waals surface area (Å²) in [4.78, 5) is 22.7. The minimum absolute atomic E-state index is 0.0331. The summed E-state index contributed by atoms with van der Waals surface area (Å²) in [6.45, 7) is 0. The summed E-state index contributed by atoms with van der Waals surface area (Å²) in [7, 11) is -3.10. The first-order valence-corrected chi connectivity index (χ1v) is 8.56. The second-order valence-corrected chi connectivity index (χ2v) is 7.82. The van der Waals surface area contributed by atoms with E-state index < -0.39 is 21.2 Å². The Morgan fingerprint density at radius 3 is 2.24 bits per heavy atom. The number of amides is 1. The van der Waals surface area contributed by atoms with Crippen molar-refractivity contribution in [2.45, 2.75) is 19.3 Å². The van der Waals surface area contributed by atoms with Gasteiger partial charge in [-0.3, -0.25) is 4.79 Å². The Labute approximate surface area is 123 Å². The molecule has 1 saturated carbocycles. The Balaban J connectivity index is 1.94. The van der Waals surface area contributed by atoms with Gasteiger partial charge in [0.1, 0.15) is 9.84 Å². The van der Waals surface area contributed by atoms with Gasteiger partial charge in [0.05, 0.1) is 11.3 Å². The first-order valence-electron chi connectivity index (χ1n) is 6.50. The number of carbonyl (C=O) groups is 2. The smallest absolute Gasteiger partial charge is 0.335 e. The molecule has 7 heteroatoms. The summed E-state index contributed by atoms with van der Waals surface area (Å²) in [6.07, 6.45) is 2.83. The number of carboxylic acids is 1. The van der Waals surface area contributed by atoms with E-state index in [1.807, 2.05) is 0 Å². The standard InChI is InChI=1S/C14H17NO5S/c1-21(19,20)9-14(6-7-14)8-12(16)15-11-4-2-10(3-5-11)13(17)18/h2-5H,6-9H2,1H3,(H,15,16)(H,17,18). The van der Waals surface area contributed by atoms with Gasteiger partial charge in [-0.05, 0) is 42.5 Å². The predicted octanol–water partition coefficient (Wildman–Crippen LogP) is 1.54. The zero-order valence-corrected chi connectivity index (χ0v) is 12.4. The maximum absolute atomic E-state index is 12.0. The van der Waals surface area contributed by atoms with Crippen LogP contribution < -0.4 is 5.32 Å². The highest BCUT2D eigenvalue weighted by molar-refractivity contribution is 7.90. The van der Waals surface area contributed by atoms with Crippen molar-refractivity contribution in [1.82, 2.24) is 0 Å². The van der Waals surface area contributed by atoms with Crippen molar-refractivity contribution in [3.63, 3.8) is 0 Å². The van der Waals surface area contributed by atoms with Gasteiger partial charge in [-0.15, -0.1) is 0 Å². The second kappa shape index (κ2) is 5.48. The molecule has 0 unspecified atom stereocenters. The maximum Gasteiger partial charge on any atom is 0.335 e. The molecule has 1 aliphatic rings. The Bertz CT molecular complexity index is 659. The molecular weight excluding hydrogens is 294 g/mol. The number of hydrogen-bond acceptors (Lipinski definition) is 4. The number of carbonyl (C=O) groups excluding carboxylic acids is 1. The van der Waals surface area contributed by atoms with Gasteiger partial charge in [0.2, 0.25) is 5.91 Å². The lowest BCUT2D eigenvalue weighted by Gasteiger charge is -2.13. The Kier molecular flexibility index (Phi) is 4.04. The van der Waals surface area contributed by atoms with Crippen molar-refractivity contribution in [3.05, 3.63) is 29.8 Å². The molecule has 1 aromatic carbocycles. The molecular formula is C14H17NO5S. The van der Waals surface area contributed by atoms with Gasteiger partial charge in [-0.25, -0.2) is 13.2 Å².